The molecule has 0 saturated carbocycles. The van der Waals surface area contributed by atoms with Crippen molar-refractivity contribution in [3.8, 4) is 0 Å². The highest BCUT2D eigenvalue weighted by Gasteiger charge is 2.42. The molecule has 0 aromatic carbocycles. The van der Waals surface area contributed by atoms with E-state index in [0.29, 0.717) is 0 Å². The first-order chi connectivity index (χ1) is 5.57. The van der Waals surface area contributed by atoms with Crippen molar-refractivity contribution in [2.45, 2.75) is 30.7 Å². The van der Waals surface area contributed by atoms with E-state index in [2.05, 4.69) is 4.74 Å². The van der Waals surface area contributed by atoms with Crippen molar-refractivity contribution in [1.29, 1.82) is 0 Å². The van der Waals surface area contributed by atoms with Gasteiger partial charge in [0.2, 0.25) is 0 Å². The van der Waals surface area contributed by atoms with Gasteiger partial charge in [-0.05, 0) is 0 Å². The van der Waals surface area contributed by atoms with Crippen LogP contribution >= 0.6 is 0 Å². The third-order valence-electron chi connectivity index (χ3n) is 1.84. The van der Waals surface area contributed by atoms with Gasteiger partial charge in [-0.15, -0.1) is 0 Å². The van der Waals surface area contributed by atoms with Crippen molar-refractivity contribution in [1.82, 2.24) is 0 Å². The molecular formula is C6H11FO5. The summed E-state index contributed by atoms with van der Waals surface area (Å²) in [6.45, 7) is -1.03. The van der Waals surface area contributed by atoms with E-state index in [9.17, 15) is 4.39 Å². The smallest absolute Gasteiger partial charge is 0.184 e. The van der Waals surface area contributed by atoms with E-state index >= 15 is 0 Å². The molecule has 72 valence electrons. The number of hydrogen-bond donors (Lipinski definition) is 4. The molecule has 0 unspecified atom stereocenters. The molecule has 0 aliphatic carbocycles. The fourth-order valence-corrected chi connectivity index (χ4v) is 1.06. The van der Waals surface area contributed by atoms with E-state index in [1.165, 1.54) is 0 Å². The summed E-state index contributed by atoms with van der Waals surface area (Å²) in [6.07, 6.45) is -7.60. The van der Waals surface area contributed by atoms with E-state index in [0.717, 1.165) is 0 Å². The first kappa shape index (κ1) is 9.82. The van der Waals surface area contributed by atoms with E-state index in [1.54, 1.807) is 0 Å². The third kappa shape index (κ3) is 1.57. The van der Waals surface area contributed by atoms with Gasteiger partial charge in [0.15, 0.2) is 6.29 Å². The number of alkyl halides is 1. The Morgan fingerprint density at radius 3 is 2.08 bits per heavy atom. The summed E-state index contributed by atoms with van der Waals surface area (Å²) in [5.41, 5.74) is 0. The molecule has 0 aromatic rings. The molecule has 0 spiro atoms. The van der Waals surface area contributed by atoms with Crippen LogP contribution in [0.15, 0.2) is 0 Å². The van der Waals surface area contributed by atoms with Crippen molar-refractivity contribution in [3.63, 3.8) is 0 Å². The predicted molar refractivity (Wildman–Crippen MR) is 34.9 cm³/mol. The fraction of sp³-hybridized carbons (Fsp3) is 1.00. The number of halogens is 1. The highest BCUT2D eigenvalue weighted by molar-refractivity contribution is 4.88. The van der Waals surface area contributed by atoms with Crippen LogP contribution in [0.2, 0.25) is 0 Å². The van der Waals surface area contributed by atoms with Crippen LogP contribution in [0.25, 0.3) is 0 Å². The van der Waals surface area contributed by atoms with Crippen LogP contribution < -0.4 is 0 Å². The second kappa shape index (κ2) is 3.63. The molecule has 1 rings (SSSR count). The summed E-state index contributed by atoms with van der Waals surface area (Å²) >= 11 is 0. The maximum Gasteiger partial charge on any atom is 0.184 e. The zero-order chi connectivity index (χ0) is 9.30. The Balaban J connectivity index is 2.63. The van der Waals surface area contributed by atoms with Gasteiger partial charge < -0.3 is 25.2 Å². The average molecular weight is 182 g/mol. The van der Waals surface area contributed by atoms with Gasteiger partial charge in [0, 0.05) is 0 Å². The second-order valence-electron chi connectivity index (χ2n) is 2.69. The van der Waals surface area contributed by atoms with E-state index < -0.39 is 37.4 Å². The topological polar surface area (TPSA) is 90.2 Å². The number of aliphatic hydroxyl groups is 4. The van der Waals surface area contributed by atoms with Crippen LogP contribution in [0, 0.1) is 0 Å². The fourth-order valence-electron chi connectivity index (χ4n) is 1.06. The molecule has 5 atom stereocenters. The summed E-state index contributed by atoms with van der Waals surface area (Å²) in [7, 11) is 0. The lowest BCUT2D eigenvalue weighted by Crippen LogP contribution is -2.58. The Kier molecular flexibility index (Phi) is 2.97. The zero-order valence-corrected chi connectivity index (χ0v) is 6.17. The quantitative estimate of drug-likeness (QED) is 0.368. The summed E-state index contributed by atoms with van der Waals surface area (Å²) < 4.78 is 16.5. The van der Waals surface area contributed by atoms with Gasteiger partial charge in [-0.3, -0.25) is 0 Å². The van der Waals surface area contributed by atoms with Crippen LogP contribution in [-0.4, -0.2) is 57.8 Å². The van der Waals surface area contributed by atoms with Crippen LogP contribution in [0.3, 0.4) is 0 Å². The normalized spacial score (nSPS) is 49.2. The molecule has 1 aliphatic rings. The van der Waals surface area contributed by atoms with E-state index in [4.69, 9.17) is 20.4 Å². The zero-order valence-electron chi connectivity index (χ0n) is 6.17. The van der Waals surface area contributed by atoms with Gasteiger partial charge in [-0.2, -0.15) is 0 Å². The largest absolute Gasteiger partial charge is 0.387 e. The van der Waals surface area contributed by atoms with Crippen LogP contribution in [0.4, 0.5) is 4.39 Å². The van der Waals surface area contributed by atoms with Gasteiger partial charge in [0.05, 0.1) is 0 Å². The summed E-state index contributed by atoms with van der Waals surface area (Å²) in [5, 5.41) is 35.8. The third-order valence-corrected chi connectivity index (χ3v) is 1.84. The molecule has 1 aliphatic heterocycles. The molecule has 1 heterocycles. The van der Waals surface area contributed by atoms with Gasteiger partial charge in [-0.25, -0.2) is 4.39 Å². The van der Waals surface area contributed by atoms with Gasteiger partial charge in [0.25, 0.3) is 0 Å². The van der Waals surface area contributed by atoms with Crippen LogP contribution in [0.1, 0.15) is 0 Å². The lowest BCUT2D eigenvalue weighted by atomic mass is 10.00. The Labute approximate surface area is 68.0 Å². The standard InChI is InChI=1S/C6H11FO5/c7-1-2-3(8)4(9)5(10)6(11)12-2/h2-6,8-11H,1H2/t2-,3+,4+,5+,6+/m0/s1. The Morgan fingerprint density at radius 2 is 1.58 bits per heavy atom. The molecule has 5 nitrogen and oxygen atoms in total. The molecule has 0 bridgehead atoms. The Morgan fingerprint density at radius 1 is 1.00 bits per heavy atom. The molecule has 1 saturated heterocycles. The second-order valence-corrected chi connectivity index (χ2v) is 2.69. The van der Waals surface area contributed by atoms with E-state index in [-0.39, 0.29) is 0 Å². The maximum atomic E-state index is 12.0. The highest BCUT2D eigenvalue weighted by Crippen LogP contribution is 2.19. The van der Waals surface area contributed by atoms with Crippen molar-refractivity contribution in [2.75, 3.05) is 6.67 Å². The van der Waals surface area contributed by atoms with Gasteiger partial charge in [-0.1, -0.05) is 0 Å². The lowest BCUT2D eigenvalue weighted by molar-refractivity contribution is -0.283. The minimum Gasteiger partial charge on any atom is -0.387 e. The summed E-state index contributed by atoms with van der Waals surface area (Å²) in [6, 6.07) is 0. The monoisotopic (exact) mass is 182 g/mol. The number of hydrogen-bond acceptors (Lipinski definition) is 5. The van der Waals surface area contributed by atoms with Crippen molar-refractivity contribution in [3.05, 3.63) is 0 Å². The average Bonchev–Trinajstić information content (AvgIpc) is 2.08. The molecule has 0 amide bonds. The van der Waals surface area contributed by atoms with Crippen molar-refractivity contribution < 1.29 is 29.6 Å². The molecule has 6 heteroatoms. The Bertz CT molecular complexity index is 150. The first-order valence-corrected chi connectivity index (χ1v) is 3.51. The number of rotatable bonds is 1. The van der Waals surface area contributed by atoms with Crippen molar-refractivity contribution >= 4 is 0 Å². The lowest BCUT2D eigenvalue weighted by Gasteiger charge is -2.37. The van der Waals surface area contributed by atoms with E-state index in [1.807, 2.05) is 0 Å². The SMILES string of the molecule is O[C@H]1[C@@H](O)[C@H](O)O[C@@H](CF)[C@H]1O. The summed E-state index contributed by atoms with van der Waals surface area (Å²) in [5.74, 6) is 0. The molecule has 4 N–H and O–H groups in total. The van der Waals surface area contributed by atoms with Crippen LogP contribution in [-0.2, 0) is 4.74 Å². The summed E-state index contributed by atoms with van der Waals surface area (Å²) in [4.78, 5) is 0. The van der Waals surface area contributed by atoms with Crippen LogP contribution in [0.5, 0.6) is 0 Å². The van der Waals surface area contributed by atoms with Crippen molar-refractivity contribution in [2.24, 2.45) is 0 Å². The first-order valence-electron chi connectivity index (χ1n) is 3.51. The number of ether oxygens (including phenoxy) is 1. The minimum absolute atomic E-state index is 1.03. The predicted octanol–water partition coefficient (Wildman–Crippen LogP) is -2.24. The van der Waals surface area contributed by atoms with Gasteiger partial charge >= 0.3 is 0 Å². The Hall–Kier alpha value is -0.270. The van der Waals surface area contributed by atoms with Gasteiger partial charge in [0.1, 0.15) is 31.1 Å². The molecule has 0 radical (unpaired) electrons. The minimum atomic E-state index is -1.65. The molecule has 0 aromatic heterocycles. The molecule has 12 heavy (non-hydrogen) atoms. The maximum absolute atomic E-state index is 12.0. The molecule has 1 fully saturated rings. The highest BCUT2D eigenvalue weighted by atomic mass is 19.1. The number of aliphatic hydroxyl groups excluding tert-OH is 4. The molecular weight excluding hydrogens is 171 g/mol.